The Morgan fingerprint density at radius 2 is 1.79 bits per heavy atom. The monoisotopic (exact) mass is 395 g/mol. The van der Waals surface area contributed by atoms with E-state index in [4.69, 9.17) is 4.99 Å². The van der Waals surface area contributed by atoms with Crippen molar-refractivity contribution in [2.45, 2.75) is 45.3 Å². The number of amides is 2. The van der Waals surface area contributed by atoms with E-state index in [0.29, 0.717) is 5.17 Å². The highest BCUT2D eigenvalue weighted by molar-refractivity contribution is 8.15. The van der Waals surface area contributed by atoms with Crippen molar-refractivity contribution in [3.8, 4) is 0 Å². The molecule has 0 spiro atoms. The topological polar surface area (TPSA) is 70.6 Å². The van der Waals surface area contributed by atoms with Crippen molar-refractivity contribution < 1.29 is 9.59 Å². The van der Waals surface area contributed by atoms with Gasteiger partial charge in [0.2, 0.25) is 11.8 Å². The van der Waals surface area contributed by atoms with Crippen LogP contribution >= 0.6 is 11.8 Å². The quantitative estimate of drug-likeness (QED) is 0.763. The maximum Gasteiger partial charge on any atom is 0.240 e. The average Bonchev–Trinajstić information content (AvgIpc) is 3.02. The Bertz CT molecular complexity index is 901. The molecule has 2 aromatic carbocycles. The van der Waals surface area contributed by atoms with Crippen LogP contribution in [0.25, 0.3) is 0 Å². The second-order valence-electron chi connectivity index (χ2n) is 6.71. The van der Waals surface area contributed by atoms with Gasteiger partial charge in [0.25, 0.3) is 0 Å². The minimum atomic E-state index is -0.471. The normalized spacial score (nSPS) is 17.6. The molecule has 1 fully saturated rings. The summed E-state index contributed by atoms with van der Waals surface area (Å²) in [5.74, 6) is -0.345. The number of carbonyl (C=O) groups is 2. The van der Waals surface area contributed by atoms with Gasteiger partial charge in [-0.2, -0.15) is 0 Å². The van der Waals surface area contributed by atoms with Crippen molar-refractivity contribution in [3.63, 3.8) is 0 Å². The molecule has 146 valence electrons. The maximum atomic E-state index is 12.4. The number of rotatable bonds is 6. The highest BCUT2D eigenvalue weighted by Crippen LogP contribution is 2.30. The number of nitrogens with one attached hydrogen (secondary N) is 2. The van der Waals surface area contributed by atoms with Gasteiger partial charge in [-0.3, -0.25) is 9.59 Å². The second kappa shape index (κ2) is 9.06. The Balaban J connectivity index is 1.71. The molecule has 0 aliphatic carbocycles. The van der Waals surface area contributed by atoms with Gasteiger partial charge in [-0.05, 0) is 42.5 Å². The molecule has 0 aromatic heterocycles. The number of amidine groups is 1. The van der Waals surface area contributed by atoms with E-state index in [0.717, 1.165) is 40.9 Å². The summed E-state index contributed by atoms with van der Waals surface area (Å²) in [6.07, 6.45) is 1.86. The minimum absolute atomic E-state index is 0.111. The van der Waals surface area contributed by atoms with Gasteiger partial charge in [0.05, 0.1) is 5.69 Å². The van der Waals surface area contributed by atoms with Crippen LogP contribution in [0.2, 0.25) is 0 Å². The largest absolute Gasteiger partial charge is 0.326 e. The van der Waals surface area contributed by atoms with Gasteiger partial charge in [0.15, 0.2) is 5.17 Å². The molecule has 0 bridgehead atoms. The number of anilines is 1. The molecule has 6 heteroatoms. The van der Waals surface area contributed by atoms with Crippen molar-refractivity contribution in [1.82, 2.24) is 5.32 Å². The Kier molecular flexibility index (Phi) is 6.52. The molecule has 1 aliphatic rings. The summed E-state index contributed by atoms with van der Waals surface area (Å²) in [6, 6.07) is 13.8. The number of carbonyl (C=O) groups excluding carboxylic acids is 2. The zero-order valence-electron chi connectivity index (χ0n) is 16.4. The first-order valence-electron chi connectivity index (χ1n) is 9.54. The Hall–Kier alpha value is -2.60. The number of hydrogen-bond acceptors (Lipinski definition) is 4. The van der Waals surface area contributed by atoms with E-state index >= 15 is 0 Å². The predicted octanol–water partition coefficient (Wildman–Crippen LogP) is 4.37. The summed E-state index contributed by atoms with van der Waals surface area (Å²) < 4.78 is 0. The highest BCUT2D eigenvalue weighted by Gasteiger charge is 2.32. The van der Waals surface area contributed by atoms with Crippen LogP contribution in [0.5, 0.6) is 0 Å². The van der Waals surface area contributed by atoms with Gasteiger partial charge >= 0.3 is 0 Å². The minimum Gasteiger partial charge on any atom is -0.326 e. The van der Waals surface area contributed by atoms with Crippen molar-refractivity contribution in [2.75, 3.05) is 5.32 Å². The third-order valence-electron chi connectivity index (χ3n) is 4.74. The molecule has 3 rings (SSSR count). The van der Waals surface area contributed by atoms with E-state index in [1.165, 1.54) is 11.8 Å². The standard InChI is InChI=1S/C22H25N3O2S/c1-4-15-10-8-11-16(5-2)20(15)24-22-25-21(27)18(28-22)13-19(26)23-17-12-7-6-9-14(17)3/h6-12,18H,4-5,13H2,1-3H3,(H,23,26)(H,24,25,27)/t18-/m1/s1. The number of nitrogens with zero attached hydrogens (tertiary/aromatic N) is 1. The molecular formula is C22H25N3O2S. The Morgan fingerprint density at radius 3 is 2.43 bits per heavy atom. The van der Waals surface area contributed by atoms with Crippen molar-refractivity contribution in [1.29, 1.82) is 0 Å². The summed E-state index contributed by atoms with van der Waals surface area (Å²) in [5.41, 5.74) is 5.00. The van der Waals surface area contributed by atoms with Gasteiger partial charge in [0.1, 0.15) is 5.25 Å². The van der Waals surface area contributed by atoms with Gasteiger partial charge in [-0.25, -0.2) is 4.99 Å². The second-order valence-corrected chi connectivity index (χ2v) is 7.90. The van der Waals surface area contributed by atoms with Crippen LogP contribution in [0.4, 0.5) is 11.4 Å². The lowest BCUT2D eigenvalue weighted by atomic mass is 10.0. The van der Waals surface area contributed by atoms with Crippen LogP contribution in [0.1, 0.15) is 37.0 Å². The smallest absolute Gasteiger partial charge is 0.240 e. The fourth-order valence-corrected chi connectivity index (χ4v) is 4.11. The molecule has 1 saturated heterocycles. The molecule has 1 heterocycles. The van der Waals surface area contributed by atoms with Gasteiger partial charge < -0.3 is 10.6 Å². The fourth-order valence-electron chi connectivity index (χ4n) is 3.14. The van der Waals surface area contributed by atoms with Gasteiger partial charge in [-0.15, -0.1) is 0 Å². The van der Waals surface area contributed by atoms with Crippen LogP contribution in [0, 0.1) is 6.92 Å². The van der Waals surface area contributed by atoms with Gasteiger partial charge in [0, 0.05) is 12.1 Å². The van der Waals surface area contributed by atoms with Crippen LogP contribution in [0.15, 0.2) is 47.5 Å². The van der Waals surface area contributed by atoms with Crippen LogP contribution in [-0.2, 0) is 22.4 Å². The molecule has 0 saturated carbocycles. The van der Waals surface area contributed by atoms with Crippen LogP contribution < -0.4 is 10.6 Å². The van der Waals surface area contributed by atoms with E-state index < -0.39 is 5.25 Å². The molecule has 1 aliphatic heterocycles. The first-order valence-corrected chi connectivity index (χ1v) is 10.4. The van der Waals surface area contributed by atoms with Crippen molar-refractivity contribution in [3.05, 3.63) is 59.2 Å². The summed E-state index contributed by atoms with van der Waals surface area (Å²) >= 11 is 1.32. The van der Waals surface area contributed by atoms with Crippen LogP contribution in [0.3, 0.4) is 0 Å². The molecule has 5 nitrogen and oxygen atoms in total. The lowest BCUT2D eigenvalue weighted by Crippen LogP contribution is -2.28. The fraction of sp³-hybridized carbons (Fsp3) is 0.318. The zero-order valence-corrected chi connectivity index (χ0v) is 17.2. The molecule has 1 atom stereocenters. The van der Waals surface area contributed by atoms with Crippen LogP contribution in [-0.4, -0.2) is 22.2 Å². The molecule has 0 unspecified atom stereocenters. The van der Waals surface area contributed by atoms with E-state index in [1.54, 1.807) is 0 Å². The number of hydrogen-bond donors (Lipinski definition) is 2. The first-order chi connectivity index (χ1) is 13.5. The SMILES string of the molecule is CCc1cccc(CC)c1N=C1NC(=O)[C@@H](CC(=O)Nc2ccccc2C)S1. The van der Waals surface area contributed by atoms with E-state index in [1.807, 2.05) is 37.3 Å². The molecule has 2 amide bonds. The number of aliphatic imine (C=N–C) groups is 1. The summed E-state index contributed by atoms with van der Waals surface area (Å²) in [4.78, 5) is 29.5. The Morgan fingerprint density at radius 1 is 1.11 bits per heavy atom. The third kappa shape index (κ3) is 4.62. The number of thioether (sulfide) groups is 1. The van der Waals surface area contributed by atoms with Crippen molar-refractivity contribution >= 4 is 40.1 Å². The Labute approximate surface area is 170 Å². The average molecular weight is 396 g/mol. The molecular weight excluding hydrogens is 370 g/mol. The molecule has 2 aromatic rings. The lowest BCUT2D eigenvalue weighted by Gasteiger charge is -2.10. The van der Waals surface area contributed by atoms with E-state index in [-0.39, 0.29) is 18.2 Å². The highest BCUT2D eigenvalue weighted by atomic mass is 32.2. The van der Waals surface area contributed by atoms with Crippen molar-refractivity contribution in [2.24, 2.45) is 4.99 Å². The third-order valence-corrected chi connectivity index (χ3v) is 5.83. The number of benzene rings is 2. The van der Waals surface area contributed by atoms with E-state index in [2.05, 4.69) is 36.6 Å². The van der Waals surface area contributed by atoms with E-state index in [9.17, 15) is 9.59 Å². The number of para-hydroxylation sites is 2. The summed E-state index contributed by atoms with van der Waals surface area (Å²) in [6.45, 7) is 6.13. The number of aryl methyl sites for hydroxylation is 3. The molecule has 0 radical (unpaired) electrons. The lowest BCUT2D eigenvalue weighted by molar-refractivity contribution is -0.122. The first kappa shape index (κ1) is 20.1. The predicted molar refractivity (Wildman–Crippen MR) is 116 cm³/mol. The summed E-state index contributed by atoms with van der Waals surface area (Å²) in [5, 5.41) is 5.81. The zero-order chi connectivity index (χ0) is 20.1. The maximum absolute atomic E-state index is 12.4. The molecule has 28 heavy (non-hydrogen) atoms. The molecule has 2 N–H and O–H groups in total. The summed E-state index contributed by atoms with van der Waals surface area (Å²) in [7, 11) is 0. The van der Waals surface area contributed by atoms with Gasteiger partial charge in [-0.1, -0.05) is 62.0 Å².